The van der Waals surface area contributed by atoms with Crippen molar-refractivity contribution < 1.29 is 8.42 Å². The number of hydrogen-bond donors (Lipinski definition) is 0. The van der Waals surface area contributed by atoms with Crippen molar-refractivity contribution in [1.29, 1.82) is 0 Å². The molecule has 0 N–H and O–H groups in total. The van der Waals surface area contributed by atoms with E-state index in [0.717, 1.165) is 25.2 Å². The molecule has 0 spiro atoms. The quantitative estimate of drug-likeness (QED) is 0.742. The average Bonchev–Trinajstić information content (AvgIpc) is 2.86. The zero-order valence-corrected chi connectivity index (χ0v) is 14.4. The third kappa shape index (κ3) is 4.06. The largest absolute Gasteiger partial charge is 0.358 e. The fourth-order valence-electron chi connectivity index (χ4n) is 2.69. The summed E-state index contributed by atoms with van der Waals surface area (Å²) >= 11 is 0. The van der Waals surface area contributed by atoms with Gasteiger partial charge in [-0.3, -0.25) is 0 Å². The average molecular weight is 327 g/mol. The standard InChI is InChI=1S/C14H25N5O2S/c1-4-6-8-18(3)13-10-15-17-14(16-13)19(5-2)12-7-9-22(20,21)11-12/h10,12H,4-9,11H2,1-3H3. The Bertz CT molecular complexity index is 593. The van der Waals surface area contributed by atoms with Crippen molar-refractivity contribution in [1.82, 2.24) is 15.2 Å². The molecule has 0 radical (unpaired) electrons. The van der Waals surface area contributed by atoms with E-state index < -0.39 is 9.84 Å². The van der Waals surface area contributed by atoms with E-state index in [9.17, 15) is 8.42 Å². The molecule has 7 nitrogen and oxygen atoms in total. The first-order valence-electron chi connectivity index (χ1n) is 7.84. The molecule has 1 fully saturated rings. The van der Waals surface area contributed by atoms with Gasteiger partial charge in [-0.05, 0) is 19.8 Å². The van der Waals surface area contributed by atoms with E-state index in [0.29, 0.717) is 18.9 Å². The number of nitrogens with zero attached hydrogens (tertiary/aromatic N) is 5. The molecule has 1 aromatic heterocycles. The molecule has 0 aromatic carbocycles. The number of anilines is 2. The summed E-state index contributed by atoms with van der Waals surface area (Å²) in [6.07, 6.45) is 4.50. The Morgan fingerprint density at radius 3 is 2.73 bits per heavy atom. The molecule has 0 bridgehead atoms. The summed E-state index contributed by atoms with van der Waals surface area (Å²) in [6.45, 7) is 5.72. The first-order valence-corrected chi connectivity index (χ1v) is 9.67. The maximum Gasteiger partial charge on any atom is 0.247 e. The highest BCUT2D eigenvalue weighted by molar-refractivity contribution is 7.91. The van der Waals surface area contributed by atoms with Gasteiger partial charge in [0, 0.05) is 26.2 Å². The van der Waals surface area contributed by atoms with E-state index in [1.54, 1.807) is 6.20 Å². The Balaban J connectivity index is 2.16. The van der Waals surface area contributed by atoms with Crippen LogP contribution < -0.4 is 9.80 Å². The molecular weight excluding hydrogens is 302 g/mol. The molecule has 0 saturated carbocycles. The predicted octanol–water partition coefficient (Wildman–Crippen LogP) is 1.12. The number of hydrogen-bond acceptors (Lipinski definition) is 7. The van der Waals surface area contributed by atoms with Crippen molar-refractivity contribution in [2.24, 2.45) is 0 Å². The lowest BCUT2D eigenvalue weighted by molar-refractivity contribution is 0.598. The van der Waals surface area contributed by atoms with Gasteiger partial charge in [-0.1, -0.05) is 13.3 Å². The molecule has 8 heteroatoms. The summed E-state index contributed by atoms with van der Waals surface area (Å²) in [7, 11) is -0.939. The molecular formula is C14H25N5O2S. The number of aromatic nitrogens is 3. The number of unbranched alkanes of at least 4 members (excludes halogenated alkanes) is 1. The molecule has 1 aromatic rings. The van der Waals surface area contributed by atoms with Gasteiger partial charge in [0.1, 0.15) is 0 Å². The van der Waals surface area contributed by atoms with Crippen molar-refractivity contribution in [3.8, 4) is 0 Å². The van der Waals surface area contributed by atoms with Crippen LogP contribution in [0.2, 0.25) is 0 Å². The minimum atomic E-state index is -2.93. The molecule has 124 valence electrons. The van der Waals surface area contributed by atoms with E-state index >= 15 is 0 Å². The maximum atomic E-state index is 11.7. The van der Waals surface area contributed by atoms with Crippen LogP contribution in [0.25, 0.3) is 0 Å². The van der Waals surface area contributed by atoms with Crippen molar-refractivity contribution in [2.45, 2.75) is 39.2 Å². The lowest BCUT2D eigenvalue weighted by Gasteiger charge is -2.27. The fourth-order valence-corrected chi connectivity index (χ4v) is 4.42. The Hall–Kier alpha value is -1.44. The topological polar surface area (TPSA) is 79.3 Å². The second kappa shape index (κ2) is 7.21. The van der Waals surface area contributed by atoms with Crippen LogP contribution >= 0.6 is 0 Å². The molecule has 0 amide bonds. The van der Waals surface area contributed by atoms with Gasteiger partial charge in [-0.15, -0.1) is 5.10 Å². The predicted molar refractivity (Wildman–Crippen MR) is 88.1 cm³/mol. The molecule has 1 atom stereocenters. The van der Waals surface area contributed by atoms with E-state index in [1.165, 1.54) is 0 Å². The Morgan fingerprint density at radius 2 is 2.14 bits per heavy atom. The van der Waals surface area contributed by atoms with Gasteiger partial charge in [0.25, 0.3) is 0 Å². The minimum Gasteiger partial charge on any atom is -0.358 e. The summed E-state index contributed by atoms with van der Waals surface area (Å²) in [5.41, 5.74) is 0. The first-order chi connectivity index (χ1) is 10.5. The first kappa shape index (κ1) is 16.9. The van der Waals surface area contributed by atoms with Crippen molar-refractivity contribution >= 4 is 21.6 Å². The molecule has 0 aliphatic carbocycles. The number of rotatable bonds is 7. The molecule has 2 rings (SSSR count). The smallest absolute Gasteiger partial charge is 0.247 e. The molecule has 2 heterocycles. The molecule has 1 saturated heterocycles. The second-order valence-electron chi connectivity index (χ2n) is 5.73. The van der Waals surface area contributed by atoms with Crippen LogP contribution in [0.15, 0.2) is 6.20 Å². The lowest BCUT2D eigenvalue weighted by Crippen LogP contribution is -2.37. The molecule has 1 unspecified atom stereocenters. The van der Waals surface area contributed by atoms with E-state index in [2.05, 4.69) is 27.0 Å². The van der Waals surface area contributed by atoms with Crippen LogP contribution in [-0.4, -0.2) is 61.3 Å². The summed E-state index contributed by atoms with van der Waals surface area (Å²) in [4.78, 5) is 8.58. The number of sulfone groups is 1. The third-order valence-electron chi connectivity index (χ3n) is 4.02. The van der Waals surface area contributed by atoms with Crippen LogP contribution in [0, 0.1) is 0 Å². The van der Waals surface area contributed by atoms with Gasteiger partial charge >= 0.3 is 0 Å². The van der Waals surface area contributed by atoms with Gasteiger partial charge < -0.3 is 9.80 Å². The Kier molecular flexibility index (Phi) is 5.55. The van der Waals surface area contributed by atoms with Crippen LogP contribution in [0.5, 0.6) is 0 Å². The minimum absolute atomic E-state index is 0.0482. The van der Waals surface area contributed by atoms with Gasteiger partial charge in [-0.2, -0.15) is 10.1 Å². The normalized spacial score (nSPS) is 20.0. The van der Waals surface area contributed by atoms with E-state index in [1.807, 2.05) is 18.9 Å². The zero-order valence-electron chi connectivity index (χ0n) is 13.6. The van der Waals surface area contributed by atoms with Gasteiger partial charge in [0.05, 0.1) is 17.7 Å². The molecule has 1 aliphatic heterocycles. The summed E-state index contributed by atoms with van der Waals surface area (Å²) in [5, 5.41) is 8.15. The summed E-state index contributed by atoms with van der Waals surface area (Å²) < 4.78 is 23.4. The maximum absolute atomic E-state index is 11.7. The summed E-state index contributed by atoms with van der Waals surface area (Å²) in [5.74, 6) is 1.72. The Morgan fingerprint density at radius 1 is 1.36 bits per heavy atom. The van der Waals surface area contributed by atoms with Crippen LogP contribution in [-0.2, 0) is 9.84 Å². The SMILES string of the molecule is CCCCN(C)c1cnnc(N(CC)C2CCS(=O)(=O)C2)n1. The van der Waals surface area contributed by atoms with E-state index in [4.69, 9.17) is 0 Å². The zero-order chi connectivity index (χ0) is 16.2. The lowest BCUT2D eigenvalue weighted by atomic mass is 10.2. The van der Waals surface area contributed by atoms with Crippen LogP contribution in [0.3, 0.4) is 0 Å². The van der Waals surface area contributed by atoms with Gasteiger partial charge in [-0.25, -0.2) is 8.42 Å². The highest BCUT2D eigenvalue weighted by Gasteiger charge is 2.33. The van der Waals surface area contributed by atoms with E-state index in [-0.39, 0.29) is 17.5 Å². The third-order valence-corrected chi connectivity index (χ3v) is 5.77. The van der Waals surface area contributed by atoms with Crippen LogP contribution in [0.1, 0.15) is 33.1 Å². The molecule has 22 heavy (non-hydrogen) atoms. The van der Waals surface area contributed by atoms with Gasteiger partial charge in [0.15, 0.2) is 15.7 Å². The van der Waals surface area contributed by atoms with Crippen LogP contribution in [0.4, 0.5) is 11.8 Å². The molecule has 1 aliphatic rings. The highest BCUT2D eigenvalue weighted by atomic mass is 32.2. The highest BCUT2D eigenvalue weighted by Crippen LogP contribution is 2.22. The summed E-state index contributed by atoms with van der Waals surface area (Å²) in [6, 6.07) is -0.0482. The fraction of sp³-hybridized carbons (Fsp3) is 0.786. The second-order valence-corrected chi connectivity index (χ2v) is 7.96. The van der Waals surface area contributed by atoms with Crippen molar-refractivity contribution in [3.05, 3.63) is 6.20 Å². The Labute approximate surface area is 132 Å². The monoisotopic (exact) mass is 327 g/mol. The van der Waals surface area contributed by atoms with Crippen molar-refractivity contribution in [3.63, 3.8) is 0 Å². The van der Waals surface area contributed by atoms with Gasteiger partial charge in [0.2, 0.25) is 5.95 Å². The van der Waals surface area contributed by atoms with Crippen molar-refractivity contribution in [2.75, 3.05) is 41.4 Å².